The molecule has 1 saturated carbocycles. The molecule has 0 aromatic heterocycles. The van der Waals surface area contributed by atoms with E-state index in [9.17, 15) is 4.79 Å². The van der Waals surface area contributed by atoms with Crippen molar-refractivity contribution in [1.82, 2.24) is 9.80 Å². The van der Waals surface area contributed by atoms with E-state index in [1.165, 1.54) is 35.3 Å². The molecule has 170 valence electrons. The summed E-state index contributed by atoms with van der Waals surface area (Å²) < 4.78 is 0. The van der Waals surface area contributed by atoms with E-state index < -0.39 is 0 Å². The van der Waals surface area contributed by atoms with Crippen molar-refractivity contribution < 1.29 is 4.79 Å². The molecule has 0 radical (unpaired) electrons. The number of carbonyl (C=O) groups excluding carboxylic acids is 1. The second-order valence-electron chi connectivity index (χ2n) is 8.69. The molecule has 0 N–H and O–H groups in total. The fraction of sp³-hybridized carbons (Fsp3) is 0.500. The van der Waals surface area contributed by atoms with Gasteiger partial charge in [-0.2, -0.15) is 0 Å². The van der Waals surface area contributed by atoms with Crippen LogP contribution in [0.15, 0.2) is 59.5 Å². The summed E-state index contributed by atoms with van der Waals surface area (Å²) in [5.74, 6) is 1.16. The molecule has 1 fully saturated rings. The monoisotopic (exact) mass is 460 g/mol. The van der Waals surface area contributed by atoms with E-state index in [1.807, 2.05) is 11.8 Å². The minimum atomic E-state index is -0.170. The van der Waals surface area contributed by atoms with Gasteiger partial charge in [0.25, 0.3) is 0 Å². The fourth-order valence-electron chi connectivity index (χ4n) is 4.75. The molecule has 2 aromatic carbocycles. The number of rotatable bonds is 9. The molecule has 3 nitrogen and oxygen atoms in total. The quantitative estimate of drug-likeness (QED) is 0.406. The highest BCUT2D eigenvalue weighted by atomic mass is 35.5. The van der Waals surface area contributed by atoms with E-state index in [0.717, 1.165) is 38.1 Å². The number of benzene rings is 2. The van der Waals surface area contributed by atoms with Crippen molar-refractivity contribution >= 4 is 30.1 Å². The van der Waals surface area contributed by atoms with Crippen LogP contribution in [0.3, 0.4) is 0 Å². The summed E-state index contributed by atoms with van der Waals surface area (Å²) in [7, 11) is 4.20. The molecular formula is C26H37ClN2OS. The molecule has 0 saturated heterocycles. The molecule has 0 aliphatic heterocycles. The fourth-order valence-corrected chi connectivity index (χ4v) is 5.85. The van der Waals surface area contributed by atoms with Crippen molar-refractivity contribution in [3.8, 4) is 0 Å². The van der Waals surface area contributed by atoms with Crippen LogP contribution in [0.4, 0.5) is 0 Å². The van der Waals surface area contributed by atoms with Gasteiger partial charge in [-0.15, -0.1) is 24.2 Å². The standard InChI is InChI=1S/C26H36N2OS.ClH/c1-22(29)28(20-12-19-27(2)3)26(17-10-5-11-18-26)24-15-8-9-16-25(24)30-21-23-13-6-4-7-14-23;/h4,6-9,13-16H,5,10-12,17-21H2,1-3H3;1H. The minimum Gasteiger partial charge on any atom is -0.333 e. The van der Waals surface area contributed by atoms with Crippen LogP contribution in [-0.4, -0.2) is 42.9 Å². The van der Waals surface area contributed by atoms with E-state index >= 15 is 0 Å². The minimum absolute atomic E-state index is 0. The number of thioether (sulfide) groups is 1. The van der Waals surface area contributed by atoms with Crippen molar-refractivity contribution in [1.29, 1.82) is 0 Å². The smallest absolute Gasteiger partial charge is 0.220 e. The first-order valence-electron chi connectivity index (χ1n) is 11.2. The van der Waals surface area contributed by atoms with Crippen molar-refractivity contribution in [2.24, 2.45) is 0 Å². The van der Waals surface area contributed by atoms with Gasteiger partial charge in [0.05, 0.1) is 5.54 Å². The Kier molecular flexibility index (Phi) is 10.4. The Morgan fingerprint density at radius 1 is 0.935 bits per heavy atom. The Labute approximate surface area is 199 Å². The molecular weight excluding hydrogens is 424 g/mol. The van der Waals surface area contributed by atoms with Crippen molar-refractivity contribution in [2.45, 2.75) is 61.6 Å². The Balaban J connectivity index is 0.00000341. The molecule has 1 amide bonds. The predicted molar refractivity (Wildman–Crippen MR) is 135 cm³/mol. The highest BCUT2D eigenvalue weighted by Gasteiger charge is 2.42. The number of halogens is 1. The Morgan fingerprint density at radius 2 is 1.58 bits per heavy atom. The molecule has 0 heterocycles. The summed E-state index contributed by atoms with van der Waals surface area (Å²) >= 11 is 1.90. The Hall–Kier alpha value is -1.49. The van der Waals surface area contributed by atoms with E-state index in [1.54, 1.807) is 6.92 Å². The average Bonchev–Trinajstić information content (AvgIpc) is 2.76. The van der Waals surface area contributed by atoms with Gasteiger partial charge in [0, 0.05) is 24.1 Å². The topological polar surface area (TPSA) is 23.6 Å². The SMILES string of the molecule is CC(=O)N(CCCN(C)C)C1(c2ccccc2SCc2ccccc2)CCCCC1.Cl. The molecule has 0 unspecified atom stereocenters. The zero-order chi connectivity index (χ0) is 21.4. The van der Waals surface area contributed by atoms with E-state index in [-0.39, 0.29) is 23.9 Å². The summed E-state index contributed by atoms with van der Waals surface area (Å²) in [4.78, 5) is 18.6. The van der Waals surface area contributed by atoms with Gasteiger partial charge in [-0.05, 0) is 57.1 Å². The summed E-state index contributed by atoms with van der Waals surface area (Å²) in [6.07, 6.45) is 6.79. The first-order chi connectivity index (χ1) is 14.5. The molecule has 3 rings (SSSR count). The zero-order valence-electron chi connectivity index (χ0n) is 19.2. The highest BCUT2D eigenvalue weighted by molar-refractivity contribution is 7.98. The highest BCUT2D eigenvalue weighted by Crippen LogP contribution is 2.46. The maximum absolute atomic E-state index is 12.9. The van der Waals surface area contributed by atoms with Gasteiger partial charge in [0.2, 0.25) is 5.91 Å². The third-order valence-corrected chi connectivity index (χ3v) is 7.33. The normalized spacial score (nSPS) is 15.4. The Bertz CT molecular complexity index is 806. The van der Waals surface area contributed by atoms with E-state index in [0.29, 0.717) is 0 Å². The van der Waals surface area contributed by atoms with Gasteiger partial charge >= 0.3 is 0 Å². The van der Waals surface area contributed by atoms with Crippen molar-refractivity contribution in [3.05, 3.63) is 65.7 Å². The number of nitrogens with zero attached hydrogens (tertiary/aromatic N) is 2. The number of carbonyl (C=O) groups is 1. The van der Waals surface area contributed by atoms with Crippen LogP contribution in [0.5, 0.6) is 0 Å². The lowest BCUT2D eigenvalue weighted by Gasteiger charge is -2.47. The maximum atomic E-state index is 12.9. The van der Waals surface area contributed by atoms with Crippen molar-refractivity contribution in [2.75, 3.05) is 27.2 Å². The summed E-state index contributed by atoms with van der Waals surface area (Å²) in [5.41, 5.74) is 2.52. The maximum Gasteiger partial charge on any atom is 0.220 e. The molecule has 1 aliphatic rings. The number of hydrogen-bond acceptors (Lipinski definition) is 3. The van der Waals surface area contributed by atoms with Crippen molar-refractivity contribution in [3.63, 3.8) is 0 Å². The van der Waals surface area contributed by atoms with Crippen LogP contribution in [0.2, 0.25) is 0 Å². The van der Waals surface area contributed by atoms with Gasteiger partial charge < -0.3 is 9.80 Å². The molecule has 1 aliphatic carbocycles. The second-order valence-corrected chi connectivity index (χ2v) is 9.71. The number of hydrogen-bond donors (Lipinski definition) is 0. The lowest BCUT2D eigenvalue weighted by atomic mass is 9.75. The summed E-state index contributed by atoms with van der Waals surface area (Å²) in [5, 5.41) is 0. The summed E-state index contributed by atoms with van der Waals surface area (Å²) in [6, 6.07) is 19.5. The zero-order valence-corrected chi connectivity index (χ0v) is 20.8. The first-order valence-corrected chi connectivity index (χ1v) is 12.2. The van der Waals surface area contributed by atoms with E-state index in [4.69, 9.17) is 0 Å². The Morgan fingerprint density at radius 3 is 2.23 bits per heavy atom. The molecule has 5 heteroatoms. The van der Waals surface area contributed by atoms with Crippen LogP contribution in [0, 0.1) is 0 Å². The second kappa shape index (κ2) is 12.5. The van der Waals surface area contributed by atoms with Gasteiger partial charge in [-0.1, -0.05) is 67.8 Å². The summed E-state index contributed by atoms with van der Waals surface area (Å²) in [6.45, 7) is 3.58. The molecule has 0 bridgehead atoms. The van der Waals surface area contributed by atoms with Gasteiger partial charge in [-0.3, -0.25) is 4.79 Å². The van der Waals surface area contributed by atoms with E-state index in [2.05, 4.69) is 78.5 Å². The predicted octanol–water partition coefficient (Wildman–Crippen LogP) is 6.36. The molecule has 0 spiro atoms. The molecule has 0 atom stereocenters. The molecule has 2 aromatic rings. The third kappa shape index (κ3) is 6.74. The van der Waals surface area contributed by atoms with Crippen LogP contribution in [0.1, 0.15) is 56.6 Å². The lowest BCUT2D eigenvalue weighted by molar-refractivity contribution is -0.137. The van der Waals surface area contributed by atoms with Gasteiger partial charge in [0.1, 0.15) is 0 Å². The first kappa shape index (κ1) is 25.8. The van der Waals surface area contributed by atoms with Crippen LogP contribution >= 0.6 is 24.2 Å². The van der Waals surface area contributed by atoms with Gasteiger partial charge in [0.15, 0.2) is 0 Å². The van der Waals surface area contributed by atoms with Crippen LogP contribution in [-0.2, 0) is 16.1 Å². The largest absolute Gasteiger partial charge is 0.333 e. The van der Waals surface area contributed by atoms with Gasteiger partial charge in [-0.25, -0.2) is 0 Å². The average molecular weight is 461 g/mol. The third-order valence-electron chi connectivity index (χ3n) is 6.19. The molecule has 31 heavy (non-hydrogen) atoms. The van der Waals surface area contributed by atoms with Crippen LogP contribution in [0.25, 0.3) is 0 Å². The van der Waals surface area contributed by atoms with Crippen LogP contribution < -0.4 is 0 Å². The number of amides is 1. The lowest BCUT2D eigenvalue weighted by Crippen LogP contribution is -2.51.